The first-order valence-corrected chi connectivity index (χ1v) is 14.2. The third-order valence-electron chi connectivity index (χ3n) is 7.68. The summed E-state index contributed by atoms with van der Waals surface area (Å²) in [4.78, 5) is 4.32. The van der Waals surface area contributed by atoms with E-state index in [1.165, 1.54) is 56.5 Å². The number of rotatable bonds is 5. The summed E-state index contributed by atoms with van der Waals surface area (Å²) >= 11 is 0. The van der Waals surface area contributed by atoms with Crippen molar-refractivity contribution in [2.45, 2.75) is 33.2 Å². The van der Waals surface area contributed by atoms with Crippen LogP contribution in [0, 0.1) is 25.4 Å². The normalized spacial score (nSPS) is 11.2. The van der Waals surface area contributed by atoms with E-state index in [0.717, 1.165) is 23.5 Å². The molecule has 0 saturated carbocycles. The van der Waals surface area contributed by atoms with Crippen molar-refractivity contribution in [1.29, 1.82) is 0 Å². The standard InChI is InChI=1S/C25H20N3.C12H10N.Ir/c1-2-3-13-26-14-15-27(17-26)18-11-12-20-22-9-6-8-21-19-7-4-5-10-23(19)28(25(21)22)24(20)16-18;1-10-7-8-12(13-9-10)11-5-3-2-4-6-11;/h4-10,12,14-16H,2-3,13H2,1H3;2-5,7-9H,1H3;/q2*-1;+3. The number of benzene rings is 4. The summed E-state index contributed by atoms with van der Waals surface area (Å²) in [5.74, 6) is 0. The van der Waals surface area contributed by atoms with Crippen molar-refractivity contribution in [2.75, 3.05) is 0 Å². The first kappa shape index (κ1) is 27.8. The maximum atomic E-state index is 4.32. The molecule has 0 aliphatic heterocycles. The van der Waals surface area contributed by atoms with Gasteiger partial charge in [0.25, 0.3) is 0 Å². The van der Waals surface area contributed by atoms with E-state index in [9.17, 15) is 0 Å². The fourth-order valence-electron chi connectivity index (χ4n) is 5.61. The first-order chi connectivity index (χ1) is 20.2. The molecule has 0 saturated heterocycles. The predicted molar refractivity (Wildman–Crippen MR) is 166 cm³/mol. The van der Waals surface area contributed by atoms with E-state index in [-0.39, 0.29) is 20.1 Å². The van der Waals surface area contributed by atoms with Gasteiger partial charge in [-0.2, -0.15) is 12.1 Å². The zero-order chi connectivity index (χ0) is 27.8. The Morgan fingerprint density at radius 1 is 0.833 bits per heavy atom. The van der Waals surface area contributed by atoms with Gasteiger partial charge < -0.3 is 18.5 Å². The number of fused-ring (bicyclic) bond motifs is 6. The summed E-state index contributed by atoms with van der Waals surface area (Å²) in [7, 11) is 0. The second-order valence-corrected chi connectivity index (χ2v) is 10.5. The van der Waals surface area contributed by atoms with Crippen molar-refractivity contribution in [2.24, 2.45) is 0 Å². The van der Waals surface area contributed by atoms with Gasteiger partial charge in [0.15, 0.2) is 0 Å². The number of hydrogen-bond acceptors (Lipinski definition) is 1. The molecule has 206 valence electrons. The third-order valence-corrected chi connectivity index (χ3v) is 7.68. The molecule has 0 bridgehead atoms. The van der Waals surface area contributed by atoms with Gasteiger partial charge in [0.2, 0.25) is 6.33 Å². The molecule has 0 aliphatic carbocycles. The molecule has 0 radical (unpaired) electrons. The Balaban J connectivity index is 0.000000191. The zero-order valence-corrected chi connectivity index (χ0v) is 26.0. The molecular formula is C37H30IrN4+. The van der Waals surface area contributed by atoms with Crippen LogP contribution in [0.5, 0.6) is 0 Å². The molecule has 4 nitrogen and oxygen atoms in total. The Labute approximate surface area is 259 Å². The fraction of sp³-hybridized carbons (Fsp3) is 0.135. The van der Waals surface area contributed by atoms with E-state index >= 15 is 0 Å². The summed E-state index contributed by atoms with van der Waals surface area (Å²) < 4.78 is 6.58. The molecule has 4 heterocycles. The quantitative estimate of drug-likeness (QED) is 0.130. The summed E-state index contributed by atoms with van der Waals surface area (Å²) in [6, 6.07) is 38.2. The number of unbranched alkanes of at least 4 members (excludes halogenated alkanes) is 1. The van der Waals surface area contributed by atoms with Crippen LogP contribution in [-0.2, 0) is 26.7 Å². The zero-order valence-electron chi connectivity index (χ0n) is 23.6. The van der Waals surface area contributed by atoms with Crippen LogP contribution in [0.15, 0.2) is 110 Å². The molecule has 5 heteroatoms. The summed E-state index contributed by atoms with van der Waals surface area (Å²) in [6.07, 6.45) is 11.8. The van der Waals surface area contributed by atoms with Crippen LogP contribution in [0.3, 0.4) is 0 Å². The minimum absolute atomic E-state index is 0. The van der Waals surface area contributed by atoms with Crippen LogP contribution in [0.2, 0.25) is 0 Å². The van der Waals surface area contributed by atoms with Gasteiger partial charge >= 0.3 is 20.1 Å². The molecule has 0 amide bonds. The number of pyridine rings is 1. The van der Waals surface area contributed by atoms with Gasteiger partial charge in [0.1, 0.15) is 0 Å². The second kappa shape index (κ2) is 11.9. The van der Waals surface area contributed by atoms with Crippen molar-refractivity contribution >= 4 is 38.1 Å². The van der Waals surface area contributed by atoms with Crippen LogP contribution in [0.4, 0.5) is 0 Å². The minimum atomic E-state index is 0. The molecular weight excluding hydrogens is 693 g/mol. The molecule has 0 fully saturated rings. The molecule has 8 aromatic rings. The largest absolute Gasteiger partial charge is 3.00 e. The van der Waals surface area contributed by atoms with Gasteiger partial charge in [-0.1, -0.05) is 73.1 Å². The van der Waals surface area contributed by atoms with Gasteiger partial charge in [-0.3, -0.25) is 0 Å². The summed E-state index contributed by atoms with van der Waals surface area (Å²) in [5.41, 5.74) is 8.01. The monoisotopic (exact) mass is 723 g/mol. The van der Waals surface area contributed by atoms with Gasteiger partial charge in [-0.05, 0) is 36.1 Å². The molecule has 0 aliphatic rings. The molecule has 42 heavy (non-hydrogen) atoms. The topological polar surface area (TPSA) is 26.1 Å². The van der Waals surface area contributed by atoms with Crippen molar-refractivity contribution in [3.8, 4) is 16.9 Å². The van der Waals surface area contributed by atoms with Gasteiger partial charge in [0.05, 0.1) is 12.1 Å². The Bertz CT molecular complexity index is 2090. The number of aromatic nitrogens is 4. The number of imidazole rings is 1. The minimum Gasteiger partial charge on any atom is -0.348 e. The van der Waals surface area contributed by atoms with E-state index in [4.69, 9.17) is 0 Å². The van der Waals surface area contributed by atoms with Gasteiger partial charge in [-0.15, -0.1) is 47.3 Å². The van der Waals surface area contributed by atoms with E-state index in [1.54, 1.807) is 0 Å². The number of nitrogens with zero attached hydrogens (tertiary/aromatic N) is 4. The molecule has 8 rings (SSSR count). The Hall–Kier alpha value is -4.31. The van der Waals surface area contributed by atoms with Crippen molar-refractivity contribution in [3.63, 3.8) is 0 Å². The maximum Gasteiger partial charge on any atom is 3.00 e. The smallest absolute Gasteiger partial charge is 0.348 e. The molecule has 4 aromatic carbocycles. The van der Waals surface area contributed by atoms with E-state index < -0.39 is 0 Å². The SMILES string of the molecule is CCCC[n+]1[c-]n(-c2[c-]cc3c4cccc5c6ccccc6n(c3c2)c54)cc1.Cc1ccc(-c2[c-]cccc2)nc1.[Ir+3]. The van der Waals surface area contributed by atoms with Crippen LogP contribution in [0.25, 0.3) is 55.0 Å². The maximum absolute atomic E-state index is 4.32. The van der Waals surface area contributed by atoms with Crippen molar-refractivity contribution in [1.82, 2.24) is 14.0 Å². The number of hydrogen-bond donors (Lipinski definition) is 0. The summed E-state index contributed by atoms with van der Waals surface area (Å²) in [6.45, 7) is 5.25. The Morgan fingerprint density at radius 3 is 2.43 bits per heavy atom. The van der Waals surface area contributed by atoms with Gasteiger partial charge in [0, 0.05) is 34.9 Å². The van der Waals surface area contributed by atoms with Crippen LogP contribution in [0.1, 0.15) is 25.3 Å². The fourth-order valence-corrected chi connectivity index (χ4v) is 5.61. The Morgan fingerprint density at radius 2 is 1.64 bits per heavy atom. The Kier molecular flexibility index (Phi) is 7.88. The molecule has 0 spiro atoms. The molecule has 0 N–H and O–H groups in total. The summed E-state index contributed by atoms with van der Waals surface area (Å²) in [5, 5.41) is 5.17. The van der Waals surface area contributed by atoms with Crippen LogP contribution < -0.4 is 4.57 Å². The molecule has 4 aromatic heterocycles. The predicted octanol–water partition coefficient (Wildman–Crippen LogP) is 8.17. The molecule has 0 atom stereocenters. The number of para-hydroxylation sites is 2. The van der Waals surface area contributed by atoms with Crippen molar-refractivity contribution in [3.05, 3.63) is 134 Å². The first-order valence-electron chi connectivity index (χ1n) is 14.2. The number of aryl methyl sites for hydroxylation is 2. The molecule has 0 unspecified atom stereocenters. The third kappa shape index (κ3) is 5.00. The van der Waals surface area contributed by atoms with E-state index in [2.05, 4.69) is 112 Å². The van der Waals surface area contributed by atoms with Crippen molar-refractivity contribution < 1.29 is 24.7 Å². The van der Waals surface area contributed by atoms with E-state index in [0.29, 0.717) is 0 Å². The van der Waals surface area contributed by atoms with E-state index in [1.807, 2.05) is 48.0 Å². The van der Waals surface area contributed by atoms with Crippen LogP contribution >= 0.6 is 0 Å². The second-order valence-electron chi connectivity index (χ2n) is 10.5. The van der Waals surface area contributed by atoms with Crippen LogP contribution in [-0.4, -0.2) is 14.0 Å². The average Bonchev–Trinajstić information content (AvgIpc) is 3.73. The average molecular weight is 723 g/mol. The van der Waals surface area contributed by atoms with Gasteiger partial charge in [-0.25, -0.2) is 0 Å².